The number of hydrogen-bond donors (Lipinski definition) is 0. The molecular weight excluding hydrogens is 214 g/mol. The van der Waals surface area contributed by atoms with Crippen molar-refractivity contribution in [2.45, 2.75) is 25.8 Å². The Morgan fingerprint density at radius 3 is 2.82 bits per heavy atom. The summed E-state index contributed by atoms with van der Waals surface area (Å²) in [5, 5.41) is 0. The zero-order chi connectivity index (χ0) is 12.1. The lowest BCUT2D eigenvalue weighted by Gasteiger charge is -2.32. The molecule has 1 aromatic carbocycles. The molecule has 1 aliphatic heterocycles. The first-order valence-electron chi connectivity index (χ1n) is 6.19. The van der Waals surface area contributed by atoms with Gasteiger partial charge in [-0.15, -0.1) is 0 Å². The van der Waals surface area contributed by atoms with Crippen LogP contribution in [0.5, 0.6) is 5.75 Å². The van der Waals surface area contributed by atoms with E-state index in [-0.39, 0.29) is 0 Å². The zero-order valence-corrected chi connectivity index (χ0v) is 10.3. The monoisotopic (exact) mass is 233 g/mol. The van der Waals surface area contributed by atoms with Crippen molar-refractivity contribution in [2.24, 2.45) is 0 Å². The Morgan fingerprint density at radius 2 is 2.12 bits per heavy atom. The summed E-state index contributed by atoms with van der Waals surface area (Å²) in [5.74, 6) is 1.30. The van der Waals surface area contributed by atoms with Crippen LogP contribution in [0.15, 0.2) is 30.3 Å². The third kappa shape index (κ3) is 3.56. The summed E-state index contributed by atoms with van der Waals surface area (Å²) in [7, 11) is 0. The quantitative estimate of drug-likeness (QED) is 0.797. The fourth-order valence-electron chi connectivity index (χ4n) is 2.18. The molecule has 0 saturated carbocycles. The van der Waals surface area contributed by atoms with Crippen molar-refractivity contribution in [2.75, 3.05) is 19.7 Å². The third-order valence-electron chi connectivity index (χ3n) is 3.21. The van der Waals surface area contributed by atoms with Gasteiger partial charge in [-0.1, -0.05) is 18.2 Å². The molecule has 3 heteroatoms. The van der Waals surface area contributed by atoms with Crippen LogP contribution in [0.3, 0.4) is 0 Å². The van der Waals surface area contributed by atoms with E-state index in [2.05, 4.69) is 11.8 Å². The van der Waals surface area contributed by atoms with Crippen LogP contribution >= 0.6 is 0 Å². The van der Waals surface area contributed by atoms with E-state index in [1.807, 2.05) is 30.3 Å². The average Bonchev–Trinajstić information content (AvgIpc) is 2.33. The van der Waals surface area contributed by atoms with Gasteiger partial charge in [0.15, 0.2) is 0 Å². The number of para-hydroxylation sites is 1. The largest absolute Gasteiger partial charge is 0.492 e. The van der Waals surface area contributed by atoms with E-state index in [1.165, 1.54) is 0 Å². The lowest BCUT2D eigenvalue weighted by atomic mass is 10.0. The van der Waals surface area contributed by atoms with Gasteiger partial charge in [-0.3, -0.25) is 9.69 Å². The first-order valence-corrected chi connectivity index (χ1v) is 6.19. The van der Waals surface area contributed by atoms with Gasteiger partial charge in [0.1, 0.15) is 18.1 Å². The van der Waals surface area contributed by atoms with Crippen molar-refractivity contribution in [3.8, 4) is 5.75 Å². The molecule has 1 saturated heterocycles. The van der Waals surface area contributed by atoms with Crippen LogP contribution in [0.4, 0.5) is 0 Å². The van der Waals surface area contributed by atoms with Crippen LogP contribution in [-0.2, 0) is 4.79 Å². The average molecular weight is 233 g/mol. The highest BCUT2D eigenvalue weighted by Gasteiger charge is 2.22. The van der Waals surface area contributed by atoms with E-state index in [4.69, 9.17) is 4.74 Å². The molecule has 0 N–H and O–H groups in total. The lowest BCUT2D eigenvalue weighted by molar-refractivity contribution is -0.123. The summed E-state index contributed by atoms with van der Waals surface area (Å²) in [6.45, 7) is 4.56. The van der Waals surface area contributed by atoms with Gasteiger partial charge < -0.3 is 4.74 Å². The fraction of sp³-hybridized carbons (Fsp3) is 0.500. The molecule has 92 valence electrons. The number of piperidine rings is 1. The predicted octanol–water partition coefficient (Wildman–Crippen LogP) is 2.12. The summed E-state index contributed by atoms with van der Waals surface area (Å²) in [4.78, 5) is 13.6. The molecule has 1 aromatic rings. The molecule has 0 aliphatic carbocycles. The Bertz CT molecular complexity index is 364. The molecule has 1 unspecified atom stereocenters. The first-order chi connectivity index (χ1) is 8.25. The molecule has 1 fully saturated rings. The van der Waals surface area contributed by atoms with Crippen molar-refractivity contribution in [3.05, 3.63) is 30.3 Å². The Hall–Kier alpha value is -1.35. The van der Waals surface area contributed by atoms with Crippen molar-refractivity contribution in [1.29, 1.82) is 0 Å². The minimum Gasteiger partial charge on any atom is -0.492 e. The third-order valence-corrected chi connectivity index (χ3v) is 3.21. The van der Waals surface area contributed by atoms with Crippen LogP contribution in [-0.4, -0.2) is 36.4 Å². The summed E-state index contributed by atoms with van der Waals surface area (Å²) in [6, 6.07) is 10.2. The van der Waals surface area contributed by atoms with E-state index >= 15 is 0 Å². The molecule has 1 atom stereocenters. The van der Waals surface area contributed by atoms with Gasteiger partial charge in [0, 0.05) is 32.0 Å². The molecule has 0 aromatic heterocycles. The Morgan fingerprint density at radius 1 is 1.35 bits per heavy atom. The summed E-state index contributed by atoms with van der Waals surface area (Å²) < 4.78 is 5.66. The minimum atomic E-state index is 0.357. The number of likely N-dealkylation sites (tertiary alicyclic amines) is 1. The smallest absolute Gasteiger partial charge is 0.135 e. The fourth-order valence-corrected chi connectivity index (χ4v) is 2.18. The number of hydrogen-bond acceptors (Lipinski definition) is 3. The number of ketones is 1. The van der Waals surface area contributed by atoms with Gasteiger partial charge in [0.05, 0.1) is 0 Å². The standard InChI is InChI=1S/C14H19NO2/c1-12-11-13(16)7-8-15(12)9-10-17-14-5-3-2-4-6-14/h2-6,12H,7-11H2,1H3. The molecule has 0 spiro atoms. The highest BCUT2D eigenvalue weighted by molar-refractivity contribution is 5.79. The highest BCUT2D eigenvalue weighted by Crippen LogP contribution is 2.14. The molecule has 3 nitrogen and oxygen atoms in total. The Kier molecular flexibility index (Phi) is 4.15. The van der Waals surface area contributed by atoms with Gasteiger partial charge in [-0.2, -0.15) is 0 Å². The Balaban J connectivity index is 1.73. The predicted molar refractivity (Wildman–Crippen MR) is 67.2 cm³/mol. The van der Waals surface area contributed by atoms with E-state index in [0.29, 0.717) is 31.3 Å². The van der Waals surface area contributed by atoms with Gasteiger partial charge in [-0.05, 0) is 19.1 Å². The molecule has 0 amide bonds. The lowest BCUT2D eigenvalue weighted by Crippen LogP contribution is -2.42. The van der Waals surface area contributed by atoms with Crippen LogP contribution in [0.1, 0.15) is 19.8 Å². The number of ether oxygens (including phenoxy) is 1. The second kappa shape index (κ2) is 5.82. The number of benzene rings is 1. The van der Waals surface area contributed by atoms with Crippen molar-refractivity contribution < 1.29 is 9.53 Å². The Labute approximate surface area is 102 Å². The topological polar surface area (TPSA) is 29.5 Å². The number of Topliss-reactive ketones (excluding diaryl/α,β-unsaturated/α-hetero) is 1. The zero-order valence-electron chi connectivity index (χ0n) is 10.3. The number of carbonyl (C=O) groups is 1. The molecule has 0 radical (unpaired) electrons. The minimum absolute atomic E-state index is 0.357. The normalized spacial score (nSPS) is 21.5. The molecule has 0 bridgehead atoms. The SMILES string of the molecule is CC1CC(=O)CCN1CCOc1ccccc1. The maximum Gasteiger partial charge on any atom is 0.135 e. The van der Waals surface area contributed by atoms with Crippen LogP contribution < -0.4 is 4.74 Å². The summed E-state index contributed by atoms with van der Waals surface area (Å²) in [5.41, 5.74) is 0. The van der Waals surface area contributed by atoms with E-state index < -0.39 is 0 Å². The van der Waals surface area contributed by atoms with Gasteiger partial charge in [0.2, 0.25) is 0 Å². The maximum atomic E-state index is 11.3. The van der Waals surface area contributed by atoms with Gasteiger partial charge >= 0.3 is 0 Å². The van der Waals surface area contributed by atoms with Crippen molar-refractivity contribution in [3.63, 3.8) is 0 Å². The number of rotatable bonds is 4. The van der Waals surface area contributed by atoms with Gasteiger partial charge in [0.25, 0.3) is 0 Å². The second-order valence-corrected chi connectivity index (χ2v) is 4.54. The molecule has 17 heavy (non-hydrogen) atoms. The van der Waals surface area contributed by atoms with E-state index in [9.17, 15) is 4.79 Å². The number of carbonyl (C=O) groups excluding carboxylic acids is 1. The van der Waals surface area contributed by atoms with Crippen LogP contribution in [0.2, 0.25) is 0 Å². The molecule has 2 rings (SSSR count). The maximum absolute atomic E-state index is 11.3. The number of nitrogens with zero attached hydrogens (tertiary/aromatic N) is 1. The van der Waals surface area contributed by atoms with Crippen molar-refractivity contribution in [1.82, 2.24) is 4.90 Å². The second-order valence-electron chi connectivity index (χ2n) is 4.54. The van der Waals surface area contributed by atoms with Crippen LogP contribution in [0, 0.1) is 0 Å². The highest BCUT2D eigenvalue weighted by atomic mass is 16.5. The van der Waals surface area contributed by atoms with Crippen LogP contribution in [0.25, 0.3) is 0 Å². The van der Waals surface area contributed by atoms with E-state index in [0.717, 1.165) is 18.8 Å². The molecule has 1 heterocycles. The first kappa shape index (κ1) is 12.1. The van der Waals surface area contributed by atoms with Gasteiger partial charge in [-0.25, -0.2) is 0 Å². The van der Waals surface area contributed by atoms with E-state index in [1.54, 1.807) is 0 Å². The molecule has 1 aliphatic rings. The van der Waals surface area contributed by atoms with Crippen molar-refractivity contribution >= 4 is 5.78 Å². The molecular formula is C14H19NO2. The summed E-state index contributed by atoms with van der Waals surface area (Å²) in [6.07, 6.45) is 1.38. The summed E-state index contributed by atoms with van der Waals surface area (Å²) >= 11 is 0.